The molecule has 0 radical (unpaired) electrons. The molecule has 0 fully saturated rings. The molecule has 0 saturated heterocycles. The predicted molar refractivity (Wildman–Crippen MR) is 49.2 cm³/mol. The SMILES string of the molecule is C=Cc1cccc(C)c1CN. The molecule has 2 N–H and O–H groups in total. The second kappa shape index (κ2) is 3.35. The van der Waals surface area contributed by atoms with Crippen LogP contribution in [0.3, 0.4) is 0 Å². The number of aryl methyl sites for hydroxylation is 1. The highest BCUT2D eigenvalue weighted by Crippen LogP contribution is 2.13. The Bertz CT molecular complexity index is 264. The van der Waals surface area contributed by atoms with E-state index in [1.54, 1.807) is 0 Å². The van der Waals surface area contributed by atoms with Crippen LogP contribution in [-0.4, -0.2) is 0 Å². The van der Waals surface area contributed by atoms with Crippen molar-refractivity contribution in [2.75, 3.05) is 0 Å². The van der Waals surface area contributed by atoms with E-state index in [-0.39, 0.29) is 0 Å². The van der Waals surface area contributed by atoms with Crippen molar-refractivity contribution in [1.29, 1.82) is 0 Å². The summed E-state index contributed by atoms with van der Waals surface area (Å²) < 4.78 is 0. The van der Waals surface area contributed by atoms with Gasteiger partial charge in [0.15, 0.2) is 0 Å². The van der Waals surface area contributed by atoms with E-state index in [1.807, 2.05) is 18.2 Å². The van der Waals surface area contributed by atoms with Crippen LogP contribution in [0.2, 0.25) is 0 Å². The monoisotopic (exact) mass is 147 g/mol. The maximum Gasteiger partial charge on any atom is 0.0186 e. The van der Waals surface area contributed by atoms with Gasteiger partial charge >= 0.3 is 0 Å². The molecule has 0 atom stereocenters. The Kier molecular flexibility index (Phi) is 2.44. The van der Waals surface area contributed by atoms with Crippen molar-refractivity contribution in [2.45, 2.75) is 13.5 Å². The van der Waals surface area contributed by atoms with Gasteiger partial charge in [-0.15, -0.1) is 0 Å². The van der Waals surface area contributed by atoms with E-state index in [1.165, 1.54) is 11.1 Å². The van der Waals surface area contributed by atoms with Crippen molar-refractivity contribution in [3.63, 3.8) is 0 Å². The Morgan fingerprint density at radius 3 is 2.73 bits per heavy atom. The third-order valence-corrected chi connectivity index (χ3v) is 1.87. The van der Waals surface area contributed by atoms with E-state index in [4.69, 9.17) is 5.73 Å². The molecular formula is C10H13N. The molecule has 0 heterocycles. The fourth-order valence-corrected chi connectivity index (χ4v) is 1.20. The van der Waals surface area contributed by atoms with E-state index < -0.39 is 0 Å². The van der Waals surface area contributed by atoms with Crippen molar-refractivity contribution in [3.8, 4) is 0 Å². The summed E-state index contributed by atoms with van der Waals surface area (Å²) >= 11 is 0. The van der Waals surface area contributed by atoms with E-state index in [9.17, 15) is 0 Å². The zero-order valence-corrected chi connectivity index (χ0v) is 6.80. The van der Waals surface area contributed by atoms with Crippen molar-refractivity contribution >= 4 is 6.08 Å². The quantitative estimate of drug-likeness (QED) is 0.681. The maximum absolute atomic E-state index is 5.58. The third-order valence-electron chi connectivity index (χ3n) is 1.87. The minimum absolute atomic E-state index is 0.591. The van der Waals surface area contributed by atoms with Gasteiger partial charge < -0.3 is 5.73 Å². The van der Waals surface area contributed by atoms with E-state index in [0.717, 1.165) is 5.56 Å². The molecular weight excluding hydrogens is 134 g/mol. The van der Waals surface area contributed by atoms with Gasteiger partial charge in [0.25, 0.3) is 0 Å². The molecule has 0 amide bonds. The molecule has 0 saturated carbocycles. The van der Waals surface area contributed by atoms with Crippen LogP contribution in [0.1, 0.15) is 16.7 Å². The van der Waals surface area contributed by atoms with Crippen LogP contribution >= 0.6 is 0 Å². The Hall–Kier alpha value is -1.08. The van der Waals surface area contributed by atoms with E-state index in [2.05, 4.69) is 19.6 Å². The summed E-state index contributed by atoms with van der Waals surface area (Å²) in [5, 5.41) is 0. The molecule has 0 spiro atoms. The van der Waals surface area contributed by atoms with Crippen LogP contribution in [0.5, 0.6) is 0 Å². The zero-order valence-electron chi connectivity index (χ0n) is 6.80. The number of benzene rings is 1. The standard InChI is InChI=1S/C10H13N/c1-3-9-6-4-5-8(2)10(9)7-11/h3-6H,1,7,11H2,2H3. The summed E-state index contributed by atoms with van der Waals surface area (Å²) in [6.07, 6.45) is 1.84. The van der Waals surface area contributed by atoms with Crippen LogP contribution in [0, 0.1) is 6.92 Å². The topological polar surface area (TPSA) is 26.0 Å². The Morgan fingerprint density at radius 1 is 1.55 bits per heavy atom. The Morgan fingerprint density at radius 2 is 2.27 bits per heavy atom. The van der Waals surface area contributed by atoms with Gasteiger partial charge in [-0.3, -0.25) is 0 Å². The third kappa shape index (κ3) is 1.49. The first-order valence-electron chi connectivity index (χ1n) is 3.70. The molecule has 0 unspecified atom stereocenters. The van der Waals surface area contributed by atoms with Crippen molar-refractivity contribution < 1.29 is 0 Å². The van der Waals surface area contributed by atoms with Crippen LogP contribution in [0.25, 0.3) is 6.08 Å². The summed E-state index contributed by atoms with van der Waals surface area (Å²) in [6.45, 7) is 6.38. The molecule has 1 aromatic rings. The first-order valence-corrected chi connectivity index (χ1v) is 3.70. The van der Waals surface area contributed by atoms with Crippen LogP contribution in [0.15, 0.2) is 24.8 Å². The predicted octanol–water partition coefficient (Wildman–Crippen LogP) is 2.10. The molecule has 1 heteroatoms. The first-order chi connectivity index (χ1) is 5.29. The number of rotatable bonds is 2. The van der Waals surface area contributed by atoms with Gasteiger partial charge in [-0.05, 0) is 23.6 Å². The molecule has 58 valence electrons. The molecule has 0 bridgehead atoms. The van der Waals surface area contributed by atoms with E-state index in [0.29, 0.717) is 6.54 Å². The van der Waals surface area contributed by atoms with Gasteiger partial charge in [-0.25, -0.2) is 0 Å². The van der Waals surface area contributed by atoms with Gasteiger partial charge in [0.05, 0.1) is 0 Å². The second-order valence-electron chi connectivity index (χ2n) is 2.55. The second-order valence-corrected chi connectivity index (χ2v) is 2.55. The van der Waals surface area contributed by atoms with Gasteiger partial charge in [0, 0.05) is 6.54 Å². The van der Waals surface area contributed by atoms with Crippen LogP contribution in [0.4, 0.5) is 0 Å². The summed E-state index contributed by atoms with van der Waals surface area (Å²) in [7, 11) is 0. The van der Waals surface area contributed by atoms with Crippen molar-refractivity contribution in [1.82, 2.24) is 0 Å². The Labute approximate surface area is 67.5 Å². The average molecular weight is 147 g/mol. The van der Waals surface area contributed by atoms with Crippen molar-refractivity contribution in [3.05, 3.63) is 41.5 Å². The smallest absolute Gasteiger partial charge is 0.0186 e. The summed E-state index contributed by atoms with van der Waals surface area (Å²) in [5.74, 6) is 0. The number of nitrogens with two attached hydrogens (primary N) is 1. The van der Waals surface area contributed by atoms with Gasteiger partial charge in [0.2, 0.25) is 0 Å². The maximum atomic E-state index is 5.58. The van der Waals surface area contributed by atoms with Gasteiger partial charge in [-0.2, -0.15) is 0 Å². The molecule has 0 aliphatic carbocycles. The highest BCUT2D eigenvalue weighted by molar-refractivity contribution is 5.54. The lowest BCUT2D eigenvalue weighted by Gasteiger charge is -2.05. The summed E-state index contributed by atoms with van der Waals surface area (Å²) in [4.78, 5) is 0. The zero-order chi connectivity index (χ0) is 8.27. The normalized spacial score (nSPS) is 9.64. The fraction of sp³-hybridized carbons (Fsp3) is 0.200. The minimum Gasteiger partial charge on any atom is -0.326 e. The largest absolute Gasteiger partial charge is 0.326 e. The van der Waals surface area contributed by atoms with E-state index >= 15 is 0 Å². The highest BCUT2D eigenvalue weighted by Gasteiger charge is 1.98. The molecule has 1 nitrogen and oxygen atoms in total. The fourth-order valence-electron chi connectivity index (χ4n) is 1.20. The minimum atomic E-state index is 0.591. The molecule has 11 heavy (non-hydrogen) atoms. The lowest BCUT2D eigenvalue weighted by Crippen LogP contribution is -2.01. The molecule has 0 aliphatic heterocycles. The van der Waals surface area contributed by atoms with Crippen LogP contribution in [-0.2, 0) is 6.54 Å². The summed E-state index contributed by atoms with van der Waals surface area (Å²) in [6, 6.07) is 6.11. The summed E-state index contributed by atoms with van der Waals surface area (Å²) in [5.41, 5.74) is 9.16. The molecule has 1 aromatic carbocycles. The Balaban J connectivity index is 3.23. The first kappa shape index (κ1) is 8.02. The number of hydrogen-bond donors (Lipinski definition) is 1. The molecule has 0 aliphatic rings. The van der Waals surface area contributed by atoms with Crippen molar-refractivity contribution in [2.24, 2.45) is 5.73 Å². The highest BCUT2D eigenvalue weighted by atomic mass is 14.5. The van der Waals surface area contributed by atoms with Gasteiger partial charge in [-0.1, -0.05) is 30.9 Å². The van der Waals surface area contributed by atoms with Crippen LogP contribution < -0.4 is 5.73 Å². The lowest BCUT2D eigenvalue weighted by atomic mass is 10.0. The van der Waals surface area contributed by atoms with Gasteiger partial charge in [0.1, 0.15) is 0 Å². The number of hydrogen-bond acceptors (Lipinski definition) is 1. The molecule has 1 rings (SSSR count). The average Bonchev–Trinajstić information content (AvgIpc) is 2.04. The lowest BCUT2D eigenvalue weighted by molar-refractivity contribution is 1.04. The molecule has 0 aromatic heterocycles.